The third kappa shape index (κ3) is 3.63. The van der Waals surface area contributed by atoms with Crippen molar-refractivity contribution < 1.29 is 24.5 Å². The number of methoxy groups -OCH3 is 1. The van der Waals surface area contributed by atoms with Crippen LogP contribution in [-0.4, -0.2) is 29.4 Å². The van der Waals surface area contributed by atoms with Crippen molar-refractivity contribution in [3.05, 3.63) is 23.8 Å². The molecule has 2 N–H and O–H groups in total. The van der Waals surface area contributed by atoms with Crippen molar-refractivity contribution in [3.8, 4) is 11.5 Å². The van der Waals surface area contributed by atoms with E-state index in [1.807, 2.05) is 6.92 Å². The Balaban J connectivity index is 2.95. The molecule has 1 atom stereocenters. The molecule has 0 heterocycles. The van der Waals surface area contributed by atoms with E-state index >= 15 is 0 Å². The number of hydrogen-bond acceptors (Lipinski definition) is 4. The van der Waals surface area contributed by atoms with Crippen LogP contribution < -0.4 is 9.47 Å². The molecule has 1 rings (SSSR count). The Bertz CT molecular complexity index is 402. The van der Waals surface area contributed by atoms with Gasteiger partial charge in [-0.15, -0.1) is 0 Å². The van der Waals surface area contributed by atoms with Gasteiger partial charge < -0.3 is 19.7 Å². The zero-order valence-corrected chi connectivity index (χ0v) is 10.5. The molecule has 0 aliphatic heterocycles. The second kappa shape index (κ2) is 6.86. The highest BCUT2D eigenvalue weighted by atomic mass is 16.5. The van der Waals surface area contributed by atoms with Crippen LogP contribution in [0.1, 0.15) is 25.3 Å². The van der Waals surface area contributed by atoms with Gasteiger partial charge in [0.05, 0.1) is 13.7 Å². The highest BCUT2D eigenvalue weighted by Gasteiger charge is 2.20. The Morgan fingerprint density at radius 1 is 1.39 bits per heavy atom. The fourth-order valence-corrected chi connectivity index (χ4v) is 1.56. The van der Waals surface area contributed by atoms with Gasteiger partial charge in [0.2, 0.25) is 0 Å². The zero-order chi connectivity index (χ0) is 13.5. The highest BCUT2D eigenvalue weighted by molar-refractivity contribution is 5.72. The number of aliphatic hydroxyl groups is 1. The molecule has 0 fully saturated rings. The summed E-state index contributed by atoms with van der Waals surface area (Å²) < 4.78 is 10.5. The third-order valence-corrected chi connectivity index (χ3v) is 2.51. The monoisotopic (exact) mass is 254 g/mol. The first-order valence-electron chi connectivity index (χ1n) is 5.79. The Kier molecular flexibility index (Phi) is 5.45. The Labute approximate surface area is 106 Å². The van der Waals surface area contributed by atoms with Gasteiger partial charge in [-0.2, -0.15) is 0 Å². The van der Waals surface area contributed by atoms with Crippen LogP contribution >= 0.6 is 0 Å². The minimum Gasteiger partial charge on any atom is -0.493 e. The molecule has 0 radical (unpaired) electrons. The molecule has 1 aromatic carbocycles. The van der Waals surface area contributed by atoms with E-state index in [-0.39, 0.29) is 6.61 Å². The molecule has 0 amide bonds. The number of aliphatic carboxylic acids is 1. The summed E-state index contributed by atoms with van der Waals surface area (Å²) >= 11 is 0. The van der Waals surface area contributed by atoms with Gasteiger partial charge in [-0.1, -0.05) is 19.4 Å². The van der Waals surface area contributed by atoms with Crippen molar-refractivity contribution in [2.24, 2.45) is 0 Å². The average Bonchev–Trinajstić information content (AvgIpc) is 2.37. The van der Waals surface area contributed by atoms with E-state index in [1.165, 1.54) is 7.11 Å². The summed E-state index contributed by atoms with van der Waals surface area (Å²) in [4.78, 5) is 11.0. The summed E-state index contributed by atoms with van der Waals surface area (Å²) in [6, 6.07) is 4.93. The van der Waals surface area contributed by atoms with Crippen LogP contribution in [0, 0.1) is 0 Å². The third-order valence-electron chi connectivity index (χ3n) is 2.51. The number of carboxylic acid groups (broad SMARTS) is 1. The number of carboxylic acids is 1. The van der Waals surface area contributed by atoms with Gasteiger partial charge in [-0.05, 0) is 24.1 Å². The molecule has 18 heavy (non-hydrogen) atoms. The number of aliphatic hydroxyl groups excluding tert-OH is 1. The minimum absolute atomic E-state index is 0.133. The Morgan fingerprint density at radius 2 is 2.11 bits per heavy atom. The predicted molar refractivity (Wildman–Crippen MR) is 65.9 cm³/mol. The molecule has 0 aromatic heterocycles. The smallest absolute Gasteiger partial charge is 0.344 e. The van der Waals surface area contributed by atoms with E-state index in [2.05, 4.69) is 0 Å². The van der Waals surface area contributed by atoms with E-state index in [0.29, 0.717) is 29.9 Å². The number of carbonyl (C=O) groups is 1. The fraction of sp³-hybridized carbons (Fsp3) is 0.462. The lowest BCUT2D eigenvalue weighted by atomic mass is 10.2. The van der Waals surface area contributed by atoms with Crippen molar-refractivity contribution in [2.45, 2.75) is 32.5 Å². The van der Waals surface area contributed by atoms with Gasteiger partial charge in [0.25, 0.3) is 0 Å². The van der Waals surface area contributed by atoms with Crippen molar-refractivity contribution in [1.29, 1.82) is 0 Å². The van der Waals surface area contributed by atoms with E-state index < -0.39 is 12.1 Å². The largest absolute Gasteiger partial charge is 0.493 e. The van der Waals surface area contributed by atoms with Gasteiger partial charge in [0, 0.05) is 0 Å². The lowest BCUT2D eigenvalue weighted by Crippen LogP contribution is -2.26. The van der Waals surface area contributed by atoms with Gasteiger partial charge in [0.1, 0.15) is 0 Å². The lowest BCUT2D eigenvalue weighted by molar-refractivity contribution is -0.145. The van der Waals surface area contributed by atoms with Crippen LogP contribution in [0.25, 0.3) is 0 Å². The molecule has 0 bridgehead atoms. The van der Waals surface area contributed by atoms with Crippen molar-refractivity contribution >= 4 is 5.97 Å². The minimum atomic E-state index is -1.01. The summed E-state index contributed by atoms with van der Waals surface area (Å²) in [6.07, 6.45) is 0.221. The molecule has 1 unspecified atom stereocenters. The SMILES string of the molecule is CCCC(Oc1cc(CO)ccc1OC)C(=O)O. The van der Waals surface area contributed by atoms with Crippen molar-refractivity contribution in [2.75, 3.05) is 7.11 Å². The molecule has 5 heteroatoms. The topological polar surface area (TPSA) is 76.0 Å². The summed E-state index contributed by atoms with van der Waals surface area (Å²) in [5, 5.41) is 18.1. The molecular formula is C13H18O5. The fourth-order valence-electron chi connectivity index (χ4n) is 1.56. The predicted octanol–water partition coefficient (Wildman–Crippen LogP) is 1.82. The first kappa shape index (κ1) is 14.3. The molecular weight excluding hydrogens is 236 g/mol. The molecule has 0 saturated heterocycles. The molecule has 0 saturated carbocycles. The maximum atomic E-state index is 11.0. The maximum absolute atomic E-state index is 11.0. The lowest BCUT2D eigenvalue weighted by Gasteiger charge is -2.17. The molecule has 0 spiro atoms. The molecule has 5 nitrogen and oxygen atoms in total. The Hall–Kier alpha value is -1.75. The summed E-state index contributed by atoms with van der Waals surface area (Å²) in [7, 11) is 1.48. The van der Waals surface area contributed by atoms with Crippen LogP contribution in [0.4, 0.5) is 0 Å². The first-order valence-corrected chi connectivity index (χ1v) is 5.79. The molecule has 100 valence electrons. The van der Waals surface area contributed by atoms with Crippen LogP contribution in [0.2, 0.25) is 0 Å². The van der Waals surface area contributed by atoms with Crippen molar-refractivity contribution in [3.63, 3.8) is 0 Å². The quantitative estimate of drug-likeness (QED) is 0.776. The van der Waals surface area contributed by atoms with Gasteiger partial charge in [-0.3, -0.25) is 0 Å². The van der Waals surface area contributed by atoms with E-state index in [1.54, 1.807) is 18.2 Å². The summed E-state index contributed by atoms with van der Waals surface area (Å²) in [5.74, 6) is -0.215. The first-order chi connectivity index (χ1) is 8.62. The van der Waals surface area contributed by atoms with E-state index in [9.17, 15) is 4.79 Å². The standard InChI is InChI=1S/C13H18O5/c1-3-4-11(13(15)16)18-12-7-9(8-14)5-6-10(12)17-2/h5-7,11,14H,3-4,8H2,1-2H3,(H,15,16). The van der Waals surface area contributed by atoms with Crippen LogP contribution in [0.3, 0.4) is 0 Å². The van der Waals surface area contributed by atoms with E-state index in [0.717, 1.165) is 0 Å². The number of rotatable bonds is 7. The van der Waals surface area contributed by atoms with Crippen molar-refractivity contribution in [1.82, 2.24) is 0 Å². The van der Waals surface area contributed by atoms with Gasteiger partial charge in [-0.25, -0.2) is 4.79 Å². The summed E-state index contributed by atoms with van der Waals surface area (Å²) in [6.45, 7) is 1.76. The normalized spacial score (nSPS) is 11.9. The van der Waals surface area contributed by atoms with Crippen LogP contribution in [-0.2, 0) is 11.4 Å². The number of benzene rings is 1. The number of hydrogen-bond donors (Lipinski definition) is 2. The van der Waals surface area contributed by atoms with Gasteiger partial charge in [0.15, 0.2) is 17.6 Å². The Morgan fingerprint density at radius 3 is 2.61 bits per heavy atom. The molecule has 0 aliphatic rings. The second-order valence-corrected chi connectivity index (χ2v) is 3.88. The van der Waals surface area contributed by atoms with Crippen LogP contribution in [0.5, 0.6) is 11.5 Å². The number of ether oxygens (including phenoxy) is 2. The molecule has 1 aromatic rings. The second-order valence-electron chi connectivity index (χ2n) is 3.88. The highest BCUT2D eigenvalue weighted by Crippen LogP contribution is 2.29. The maximum Gasteiger partial charge on any atom is 0.344 e. The summed E-state index contributed by atoms with van der Waals surface area (Å²) in [5.41, 5.74) is 0.645. The zero-order valence-electron chi connectivity index (χ0n) is 10.5. The molecule has 0 aliphatic carbocycles. The average molecular weight is 254 g/mol. The van der Waals surface area contributed by atoms with E-state index in [4.69, 9.17) is 19.7 Å². The van der Waals surface area contributed by atoms with Gasteiger partial charge >= 0.3 is 5.97 Å². The van der Waals surface area contributed by atoms with Crippen LogP contribution in [0.15, 0.2) is 18.2 Å².